The first-order valence-electron chi connectivity index (χ1n) is 10.6. The highest BCUT2D eigenvalue weighted by Crippen LogP contribution is 2.30. The number of hydrogen-bond donors (Lipinski definition) is 2. The lowest BCUT2D eigenvalue weighted by molar-refractivity contribution is -0.141. The third-order valence-corrected chi connectivity index (χ3v) is 5.34. The maximum atomic E-state index is 13.4. The first-order valence-corrected chi connectivity index (χ1v) is 10.6. The van der Waals surface area contributed by atoms with E-state index >= 15 is 0 Å². The highest BCUT2D eigenvalue weighted by atomic mass is 19.4. The van der Waals surface area contributed by atoms with Crippen molar-refractivity contribution in [1.82, 2.24) is 9.78 Å². The average molecular weight is 492 g/mol. The van der Waals surface area contributed by atoms with Gasteiger partial charge in [-0.3, -0.25) is 4.79 Å². The van der Waals surface area contributed by atoms with E-state index in [0.29, 0.717) is 22.9 Å². The van der Waals surface area contributed by atoms with Gasteiger partial charge in [-0.2, -0.15) is 23.5 Å². The molecule has 0 saturated heterocycles. The fraction of sp³-hybridized carbons (Fsp3) is 0.115. The van der Waals surface area contributed by atoms with E-state index in [4.69, 9.17) is 10.00 Å². The molecule has 0 aliphatic carbocycles. The van der Waals surface area contributed by atoms with Gasteiger partial charge in [0.15, 0.2) is 5.69 Å². The Hall–Kier alpha value is -4.62. The topological polar surface area (TPSA) is 100 Å². The molecule has 4 aromatic rings. The summed E-state index contributed by atoms with van der Waals surface area (Å²) in [6, 6.07) is 21.4. The summed E-state index contributed by atoms with van der Waals surface area (Å²) < 4.78 is 46.1. The van der Waals surface area contributed by atoms with Gasteiger partial charge in [0.25, 0.3) is 5.91 Å². The number of hydrogen-bond acceptors (Lipinski definition) is 5. The second-order valence-corrected chi connectivity index (χ2v) is 7.74. The van der Waals surface area contributed by atoms with Gasteiger partial charge in [-0.25, -0.2) is 4.68 Å². The first kappa shape index (κ1) is 24.5. The third kappa shape index (κ3) is 5.21. The van der Waals surface area contributed by atoms with Crippen LogP contribution in [0, 0.1) is 11.3 Å². The lowest BCUT2D eigenvalue weighted by Gasteiger charge is -2.14. The minimum atomic E-state index is -4.78. The minimum absolute atomic E-state index is 0.123. The van der Waals surface area contributed by atoms with Crippen LogP contribution < -0.4 is 10.1 Å². The van der Waals surface area contributed by atoms with Crippen LogP contribution in [0.5, 0.6) is 5.75 Å². The van der Waals surface area contributed by atoms with Gasteiger partial charge in [0.1, 0.15) is 17.5 Å². The molecule has 2 N–H and O–H groups in total. The van der Waals surface area contributed by atoms with Crippen molar-refractivity contribution in [3.63, 3.8) is 0 Å². The highest BCUT2D eigenvalue weighted by Gasteiger charge is 2.36. The number of nitrogens with zero attached hydrogens (tertiary/aromatic N) is 3. The first-order chi connectivity index (χ1) is 17.2. The van der Waals surface area contributed by atoms with Gasteiger partial charge in [-0.15, -0.1) is 0 Å². The van der Waals surface area contributed by atoms with E-state index in [1.807, 2.05) is 6.07 Å². The number of aromatic nitrogens is 2. The summed E-state index contributed by atoms with van der Waals surface area (Å²) in [4.78, 5) is 13.0. The monoisotopic (exact) mass is 492 g/mol. The third-order valence-electron chi connectivity index (χ3n) is 5.34. The van der Waals surface area contributed by atoms with Crippen LogP contribution in [-0.4, -0.2) is 27.9 Å². The van der Waals surface area contributed by atoms with Crippen LogP contribution in [-0.2, 0) is 6.18 Å². The molecular formula is C26H19F3N4O3. The SMILES string of the molecule is COc1ccc(C(O)c2cccc(NC(=O)c3cc(C(F)(F)F)nn3-c3cccc(C#N)c3)c2)cc1. The fourth-order valence-corrected chi connectivity index (χ4v) is 3.55. The predicted octanol–water partition coefficient (Wildman–Crippen LogP) is 5.11. The molecular weight excluding hydrogens is 473 g/mol. The van der Waals surface area contributed by atoms with Crippen molar-refractivity contribution in [1.29, 1.82) is 5.26 Å². The molecule has 0 radical (unpaired) electrons. The van der Waals surface area contributed by atoms with Gasteiger partial charge in [0.2, 0.25) is 0 Å². The smallest absolute Gasteiger partial charge is 0.435 e. The van der Waals surface area contributed by atoms with Crippen LogP contribution in [0.25, 0.3) is 5.69 Å². The quantitative estimate of drug-likeness (QED) is 0.390. The van der Waals surface area contributed by atoms with Crippen molar-refractivity contribution >= 4 is 11.6 Å². The van der Waals surface area contributed by atoms with Crippen molar-refractivity contribution < 1.29 is 27.8 Å². The normalized spacial score (nSPS) is 12.0. The van der Waals surface area contributed by atoms with E-state index in [0.717, 1.165) is 4.68 Å². The summed E-state index contributed by atoms with van der Waals surface area (Å²) in [5, 5.41) is 26.0. The largest absolute Gasteiger partial charge is 0.497 e. The van der Waals surface area contributed by atoms with E-state index in [-0.39, 0.29) is 22.6 Å². The molecule has 3 aromatic carbocycles. The van der Waals surface area contributed by atoms with E-state index in [2.05, 4.69) is 10.4 Å². The number of aliphatic hydroxyl groups excluding tert-OH is 1. The number of benzene rings is 3. The molecule has 0 aliphatic heterocycles. The number of methoxy groups -OCH3 is 1. The van der Waals surface area contributed by atoms with Gasteiger partial charge in [0, 0.05) is 11.8 Å². The zero-order chi connectivity index (χ0) is 25.9. The second-order valence-electron chi connectivity index (χ2n) is 7.74. The molecule has 1 heterocycles. The minimum Gasteiger partial charge on any atom is -0.497 e. The highest BCUT2D eigenvalue weighted by molar-refractivity contribution is 6.03. The van der Waals surface area contributed by atoms with Gasteiger partial charge in [-0.1, -0.05) is 30.3 Å². The molecule has 7 nitrogen and oxygen atoms in total. The lowest BCUT2D eigenvalue weighted by atomic mass is 10.0. The summed E-state index contributed by atoms with van der Waals surface area (Å²) >= 11 is 0. The van der Waals surface area contributed by atoms with Gasteiger partial charge in [0.05, 0.1) is 24.4 Å². The zero-order valence-electron chi connectivity index (χ0n) is 18.8. The molecule has 0 spiro atoms. The Kier molecular flexibility index (Phi) is 6.76. The standard InChI is InChI=1S/C26H19F3N4O3/c1-36-21-10-8-17(9-11-21)24(34)18-5-3-6-19(13-18)31-25(35)22-14-23(26(27,28)29)32-33(22)20-7-2-4-16(12-20)15-30/h2-14,24,34H,1H3,(H,31,35). The molecule has 0 bridgehead atoms. The number of alkyl halides is 3. The zero-order valence-corrected chi connectivity index (χ0v) is 18.8. The molecule has 10 heteroatoms. The Balaban J connectivity index is 1.64. The number of carbonyl (C=O) groups is 1. The summed E-state index contributed by atoms with van der Waals surface area (Å²) in [6.07, 6.45) is -5.79. The summed E-state index contributed by atoms with van der Waals surface area (Å²) in [5.41, 5.74) is 0.00425. The number of carbonyl (C=O) groups excluding carboxylic acids is 1. The molecule has 0 fully saturated rings. The van der Waals surface area contributed by atoms with Crippen LogP contribution in [0.2, 0.25) is 0 Å². The molecule has 4 rings (SSSR count). The number of nitrogens with one attached hydrogen (secondary N) is 1. The number of ether oxygens (including phenoxy) is 1. The van der Waals surface area contributed by atoms with Gasteiger partial charge >= 0.3 is 6.18 Å². The van der Waals surface area contributed by atoms with E-state index in [1.165, 1.54) is 37.4 Å². The number of halogens is 3. The number of aliphatic hydroxyl groups is 1. The van der Waals surface area contributed by atoms with Crippen LogP contribution in [0.4, 0.5) is 18.9 Å². The number of amides is 1. The average Bonchev–Trinajstić information content (AvgIpc) is 3.35. The summed E-state index contributed by atoms with van der Waals surface area (Å²) in [6.45, 7) is 0. The number of nitriles is 1. The van der Waals surface area contributed by atoms with Crippen molar-refractivity contribution in [3.05, 3.63) is 107 Å². The van der Waals surface area contributed by atoms with E-state index < -0.39 is 23.9 Å². The Bertz CT molecular complexity index is 1440. The Morgan fingerprint density at radius 1 is 1.06 bits per heavy atom. The maximum absolute atomic E-state index is 13.4. The van der Waals surface area contributed by atoms with E-state index in [9.17, 15) is 23.1 Å². The van der Waals surface area contributed by atoms with Crippen LogP contribution >= 0.6 is 0 Å². The van der Waals surface area contributed by atoms with Crippen LogP contribution in [0.15, 0.2) is 78.9 Å². The maximum Gasteiger partial charge on any atom is 0.435 e. The molecule has 0 aliphatic rings. The molecule has 36 heavy (non-hydrogen) atoms. The molecule has 0 saturated carbocycles. The molecule has 1 aromatic heterocycles. The number of anilines is 1. The summed E-state index contributed by atoms with van der Waals surface area (Å²) in [5.74, 6) is -0.224. The van der Waals surface area contributed by atoms with Crippen molar-refractivity contribution in [2.45, 2.75) is 12.3 Å². The molecule has 1 unspecified atom stereocenters. The summed E-state index contributed by atoms with van der Waals surface area (Å²) in [7, 11) is 1.53. The van der Waals surface area contributed by atoms with Crippen LogP contribution in [0.1, 0.15) is 39.0 Å². The Labute approximate surface area is 204 Å². The Morgan fingerprint density at radius 2 is 1.78 bits per heavy atom. The van der Waals surface area contributed by atoms with Crippen molar-refractivity contribution in [2.24, 2.45) is 0 Å². The van der Waals surface area contributed by atoms with Gasteiger partial charge in [-0.05, 0) is 53.6 Å². The van der Waals surface area contributed by atoms with Crippen molar-refractivity contribution in [2.75, 3.05) is 12.4 Å². The second kappa shape index (κ2) is 9.93. The fourth-order valence-electron chi connectivity index (χ4n) is 3.55. The lowest BCUT2D eigenvalue weighted by Crippen LogP contribution is -2.17. The van der Waals surface area contributed by atoms with E-state index in [1.54, 1.807) is 42.5 Å². The number of rotatable bonds is 6. The van der Waals surface area contributed by atoms with Crippen LogP contribution in [0.3, 0.4) is 0 Å². The Morgan fingerprint density at radius 3 is 2.44 bits per heavy atom. The van der Waals surface area contributed by atoms with Gasteiger partial charge < -0.3 is 15.2 Å². The predicted molar refractivity (Wildman–Crippen MR) is 125 cm³/mol. The molecule has 1 amide bonds. The molecule has 182 valence electrons. The van der Waals surface area contributed by atoms with Crippen molar-refractivity contribution in [3.8, 4) is 17.5 Å². The molecule has 1 atom stereocenters.